The topological polar surface area (TPSA) is 47.6 Å². The lowest BCUT2D eigenvalue weighted by atomic mass is 9.85. The number of hydrogen-bond acceptors (Lipinski definition) is 4. The number of hydrogen-bond donors (Lipinski definition) is 1. The zero-order chi connectivity index (χ0) is 16.1. The predicted molar refractivity (Wildman–Crippen MR) is 90.8 cm³/mol. The van der Waals surface area contributed by atoms with Crippen LogP contribution in [0.1, 0.15) is 43.2 Å². The molecule has 0 saturated heterocycles. The summed E-state index contributed by atoms with van der Waals surface area (Å²) in [6.45, 7) is 1.15. The second-order valence-electron chi connectivity index (χ2n) is 7.70. The number of ketones is 1. The van der Waals surface area contributed by atoms with E-state index in [4.69, 9.17) is 9.47 Å². The van der Waals surface area contributed by atoms with E-state index in [0.29, 0.717) is 12.3 Å². The van der Waals surface area contributed by atoms with Crippen LogP contribution in [0.4, 0.5) is 0 Å². The maximum atomic E-state index is 12.6. The highest BCUT2D eigenvalue weighted by atomic mass is 16.7. The van der Waals surface area contributed by atoms with Crippen LogP contribution in [0.3, 0.4) is 0 Å². The molecule has 0 aromatic heterocycles. The molecule has 3 atom stereocenters. The molecule has 1 aromatic carbocycles. The molecule has 24 heavy (non-hydrogen) atoms. The lowest BCUT2D eigenvalue weighted by Gasteiger charge is -2.23. The number of rotatable bonds is 3. The van der Waals surface area contributed by atoms with Crippen molar-refractivity contribution >= 4 is 11.5 Å². The Morgan fingerprint density at radius 3 is 2.88 bits per heavy atom. The fourth-order valence-corrected chi connectivity index (χ4v) is 5.10. The average Bonchev–Trinajstić information content (AvgIpc) is 3.29. The molecule has 126 valence electrons. The van der Waals surface area contributed by atoms with E-state index >= 15 is 0 Å². The van der Waals surface area contributed by atoms with E-state index in [0.717, 1.165) is 47.6 Å². The van der Waals surface area contributed by atoms with Gasteiger partial charge < -0.3 is 14.8 Å². The van der Waals surface area contributed by atoms with Gasteiger partial charge in [-0.2, -0.15) is 0 Å². The van der Waals surface area contributed by atoms with Crippen molar-refractivity contribution in [2.24, 2.45) is 17.8 Å². The molecule has 4 heteroatoms. The molecule has 4 aliphatic rings. The third kappa shape index (κ3) is 2.40. The SMILES string of the molecule is O=C(C=C1NCCc2cc3c(cc21)OCO3)CC1CC2CCC1C2. The minimum absolute atomic E-state index is 0.264. The van der Waals surface area contributed by atoms with Gasteiger partial charge in [-0.3, -0.25) is 4.79 Å². The summed E-state index contributed by atoms with van der Waals surface area (Å²) in [6.07, 6.45) is 8.84. The summed E-state index contributed by atoms with van der Waals surface area (Å²) in [6, 6.07) is 4.08. The van der Waals surface area contributed by atoms with Gasteiger partial charge in [0.25, 0.3) is 0 Å². The molecule has 0 spiro atoms. The van der Waals surface area contributed by atoms with Crippen molar-refractivity contribution in [3.63, 3.8) is 0 Å². The van der Waals surface area contributed by atoms with Gasteiger partial charge in [0.2, 0.25) is 6.79 Å². The molecule has 1 aromatic rings. The van der Waals surface area contributed by atoms with Crippen molar-refractivity contribution in [3.05, 3.63) is 29.3 Å². The van der Waals surface area contributed by atoms with Crippen LogP contribution in [0.2, 0.25) is 0 Å². The van der Waals surface area contributed by atoms with Gasteiger partial charge in [0.05, 0.1) is 0 Å². The fourth-order valence-electron chi connectivity index (χ4n) is 5.10. The average molecular weight is 325 g/mol. The number of carbonyl (C=O) groups excluding carboxylic acids is 1. The van der Waals surface area contributed by atoms with E-state index in [-0.39, 0.29) is 12.6 Å². The molecule has 2 bridgehead atoms. The van der Waals surface area contributed by atoms with Crippen molar-refractivity contribution in [2.45, 2.75) is 38.5 Å². The number of nitrogens with one attached hydrogen (secondary N) is 1. The third-order valence-electron chi connectivity index (χ3n) is 6.25. The van der Waals surface area contributed by atoms with E-state index in [1.54, 1.807) is 0 Å². The van der Waals surface area contributed by atoms with Crippen molar-refractivity contribution in [3.8, 4) is 11.5 Å². The molecule has 2 heterocycles. The van der Waals surface area contributed by atoms with Crippen LogP contribution < -0.4 is 14.8 Å². The Kier molecular flexibility index (Phi) is 3.32. The van der Waals surface area contributed by atoms with Crippen LogP contribution >= 0.6 is 0 Å². The molecule has 2 aliphatic heterocycles. The first-order valence-corrected chi connectivity index (χ1v) is 9.17. The molecule has 2 fully saturated rings. The highest BCUT2D eigenvalue weighted by Gasteiger charge is 2.39. The van der Waals surface area contributed by atoms with Gasteiger partial charge in [0.15, 0.2) is 17.3 Å². The minimum Gasteiger partial charge on any atom is -0.454 e. The maximum absolute atomic E-state index is 12.6. The van der Waals surface area contributed by atoms with Crippen molar-refractivity contribution < 1.29 is 14.3 Å². The van der Waals surface area contributed by atoms with Crippen LogP contribution in [0.15, 0.2) is 18.2 Å². The molecule has 2 saturated carbocycles. The summed E-state index contributed by atoms with van der Waals surface area (Å²) in [7, 11) is 0. The van der Waals surface area contributed by atoms with Gasteiger partial charge >= 0.3 is 0 Å². The summed E-state index contributed by atoms with van der Waals surface area (Å²) in [5.41, 5.74) is 3.27. The molecule has 0 radical (unpaired) electrons. The summed E-state index contributed by atoms with van der Waals surface area (Å²) >= 11 is 0. The Morgan fingerprint density at radius 1 is 1.21 bits per heavy atom. The first-order chi connectivity index (χ1) is 11.8. The number of ether oxygens (including phenoxy) is 2. The molecular formula is C20H23NO3. The zero-order valence-corrected chi connectivity index (χ0v) is 13.8. The van der Waals surface area contributed by atoms with Gasteiger partial charge in [-0.25, -0.2) is 0 Å². The summed E-state index contributed by atoms with van der Waals surface area (Å²) < 4.78 is 11.0. The van der Waals surface area contributed by atoms with Gasteiger partial charge in [0.1, 0.15) is 0 Å². The van der Waals surface area contributed by atoms with Gasteiger partial charge in [-0.1, -0.05) is 6.42 Å². The van der Waals surface area contributed by atoms with Crippen molar-refractivity contribution in [1.82, 2.24) is 5.32 Å². The molecule has 2 aliphatic carbocycles. The predicted octanol–water partition coefficient (Wildman–Crippen LogP) is 3.30. The van der Waals surface area contributed by atoms with Crippen LogP contribution in [-0.2, 0) is 11.2 Å². The van der Waals surface area contributed by atoms with Crippen molar-refractivity contribution in [2.75, 3.05) is 13.3 Å². The van der Waals surface area contributed by atoms with Gasteiger partial charge in [0, 0.05) is 30.3 Å². The minimum atomic E-state index is 0.264. The highest BCUT2D eigenvalue weighted by molar-refractivity contribution is 5.97. The summed E-state index contributed by atoms with van der Waals surface area (Å²) in [5.74, 6) is 4.19. The van der Waals surface area contributed by atoms with Crippen LogP contribution in [0.5, 0.6) is 11.5 Å². The van der Waals surface area contributed by atoms with Crippen LogP contribution in [0, 0.1) is 17.8 Å². The molecule has 3 unspecified atom stereocenters. The Morgan fingerprint density at radius 2 is 2.08 bits per heavy atom. The summed E-state index contributed by atoms with van der Waals surface area (Å²) in [4.78, 5) is 12.6. The van der Waals surface area contributed by atoms with Crippen LogP contribution in [-0.4, -0.2) is 19.1 Å². The van der Waals surface area contributed by atoms with E-state index in [2.05, 4.69) is 11.4 Å². The molecule has 4 nitrogen and oxygen atoms in total. The number of fused-ring (bicyclic) bond motifs is 4. The zero-order valence-electron chi connectivity index (χ0n) is 13.8. The Labute approximate surface area is 142 Å². The first kappa shape index (κ1) is 14.4. The lowest BCUT2D eigenvalue weighted by Crippen LogP contribution is -2.24. The van der Waals surface area contributed by atoms with Crippen molar-refractivity contribution in [1.29, 1.82) is 0 Å². The standard InChI is InChI=1S/C20H23NO3/c22-16(7-15-6-12-1-2-13(15)5-12)9-18-17-10-20-19(23-11-24-20)8-14(17)3-4-21-18/h8-10,12-13,15,21H,1-7,11H2. The monoisotopic (exact) mass is 325 g/mol. The van der Waals surface area contributed by atoms with Crippen LogP contribution in [0.25, 0.3) is 5.70 Å². The maximum Gasteiger partial charge on any atom is 0.231 e. The first-order valence-electron chi connectivity index (χ1n) is 9.17. The molecule has 0 amide bonds. The normalized spacial score (nSPS) is 31.2. The Bertz CT molecular complexity index is 724. The second-order valence-corrected chi connectivity index (χ2v) is 7.70. The third-order valence-corrected chi connectivity index (χ3v) is 6.25. The second kappa shape index (κ2) is 5.54. The number of allylic oxidation sites excluding steroid dienone is 1. The smallest absolute Gasteiger partial charge is 0.231 e. The van der Waals surface area contributed by atoms with E-state index in [1.165, 1.54) is 31.2 Å². The molecule has 5 rings (SSSR count). The van der Waals surface area contributed by atoms with E-state index < -0.39 is 0 Å². The van der Waals surface area contributed by atoms with Gasteiger partial charge in [-0.15, -0.1) is 0 Å². The Balaban J connectivity index is 1.37. The van der Waals surface area contributed by atoms with E-state index in [1.807, 2.05) is 12.1 Å². The quantitative estimate of drug-likeness (QED) is 0.866. The van der Waals surface area contributed by atoms with Gasteiger partial charge in [-0.05, 0) is 61.1 Å². The Hall–Kier alpha value is -1.97. The van der Waals surface area contributed by atoms with E-state index in [9.17, 15) is 4.79 Å². The molecular weight excluding hydrogens is 302 g/mol. The largest absolute Gasteiger partial charge is 0.454 e. The number of carbonyl (C=O) groups is 1. The molecule has 1 N–H and O–H groups in total. The number of benzene rings is 1. The summed E-state index contributed by atoms with van der Waals surface area (Å²) in [5, 5.41) is 3.40. The fraction of sp³-hybridized carbons (Fsp3) is 0.550. The lowest BCUT2D eigenvalue weighted by molar-refractivity contribution is -0.115. The highest BCUT2D eigenvalue weighted by Crippen LogP contribution is 2.49.